The highest BCUT2D eigenvalue weighted by atomic mass is 16.5. The van der Waals surface area contributed by atoms with Crippen LogP contribution in [0.25, 0.3) is 10.9 Å². The third kappa shape index (κ3) is 4.32. The van der Waals surface area contributed by atoms with Crippen LogP contribution in [0.2, 0.25) is 0 Å². The quantitative estimate of drug-likeness (QED) is 0.479. The number of hydrogen-bond acceptors (Lipinski definition) is 2. The molecule has 3 aromatic rings. The van der Waals surface area contributed by atoms with Crippen LogP contribution in [0.3, 0.4) is 0 Å². The second-order valence-corrected chi connectivity index (χ2v) is 5.80. The van der Waals surface area contributed by atoms with Gasteiger partial charge in [-0.1, -0.05) is 36.4 Å². The van der Waals surface area contributed by atoms with Crippen molar-refractivity contribution in [3.8, 4) is 5.75 Å². The molecule has 0 fully saturated rings. The molecule has 3 rings (SSSR count). The maximum absolute atomic E-state index is 5.39. The summed E-state index contributed by atoms with van der Waals surface area (Å²) in [5.74, 6) is 1.71. The number of aliphatic imine (C=N–C) groups is 1. The smallest absolute Gasteiger partial charge is 0.191 e. The lowest BCUT2D eigenvalue weighted by Gasteiger charge is -2.12. The van der Waals surface area contributed by atoms with Crippen molar-refractivity contribution in [1.82, 2.24) is 15.6 Å². The minimum atomic E-state index is 0.697. The molecule has 25 heavy (non-hydrogen) atoms. The number of fused-ring (bicyclic) bond motifs is 1. The number of hydrogen-bond donors (Lipinski definition) is 3. The maximum Gasteiger partial charge on any atom is 0.191 e. The highest BCUT2D eigenvalue weighted by molar-refractivity contribution is 5.81. The number of guanidine groups is 1. The van der Waals surface area contributed by atoms with Gasteiger partial charge in [0, 0.05) is 24.8 Å². The van der Waals surface area contributed by atoms with Crippen molar-refractivity contribution in [2.24, 2.45) is 4.99 Å². The lowest BCUT2D eigenvalue weighted by molar-refractivity contribution is 0.409. The molecule has 1 heterocycles. The highest BCUT2D eigenvalue weighted by Gasteiger charge is 2.04. The average molecular weight is 336 g/mol. The molecule has 5 nitrogen and oxygen atoms in total. The van der Waals surface area contributed by atoms with Crippen LogP contribution in [-0.2, 0) is 13.0 Å². The fraction of sp³-hybridized carbons (Fsp3) is 0.250. The van der Waals surface area contributed by atoms with Crippen LogP contribution in [-0.4, -0.2) is 31.6 Å². The summed E-state index contributed by atoms with van der Waals surface area (Å²) in [6.07, 6.45) is 0.872. The number of benzene rings is 2. The average Bonchev–Trinajstić information content (AvgIpc) is 3.07. The van der Waals surface area contributed by atoms with Gasteiger partial charge in [0.25, 0.3) is 0 Å². The second-order valence-electron chi connectivity index (χ2n) is 5.80. The number of aromatic nitrogens is 1. The van der Waals surface area contributed by atoms with Gasteiger partial charge in [-0.15, -0.1) is 0 Å². The van der Waals surface area contributed by atoms with E-state index in [1.54, 1.807) is 14.2 Å². The molecule has 0 saturated heterocycles. The summed E-state index contributed by atoms with van der Waals surface area (Å²) < 4.78 is 5.39. The van der Waals surface area contributed by atoms with E-state index in [4.69, 9.17) is 4.74 Å². The van der Waals surface area contributed by atoms with Gasteiger partial charge in [0.2, 0.25) is 0 Å². The number of para-hydroxylation sites is 2. The molecule has 0 amide bonds. The van der Waals surface area contributed by atoms with Gasteiger partial charge in [-0.05, 0) is 35.6 Å². The lowest BCUT2D eigenvalue weighted by Crippen LogP contribution is -2.37. The Morgan fingerprint density at radius 1 is 1.08 bits per heavy atom. The zero-order valence-electron chi connectivity index (χ0n) is 14.7. The molecule has 0 saturated carbocycles. The third-order valence-electron chi connectivity index (χ3n) is 4.13. The van der Waals surface area contributed by atoms with Gasteiger partial charge in [0.15, 0.2) is 5.96 Å². The molecule has 0 aliphatic carbocycles. The van der Waals surface area contributed by atoms with Crippen LogP contribution >= 0.6 is 0 Å². The Labute approximate surface area is 148 Å². The van der Waals surface area contributed by atoms with E-state index in [0.717, 1.165) is 35.9 Å². The molecule has 3 N–H and O–H groups in total. The highest BCUT2D eigenvalue weighted by Crippen LogP contribution is 2.17. The normalized spacial score (nSPS) is 11.5. The zero-order valence-corrected chi connectivity index (χ0v) is 14.7. The Bertz CT molecular complexity index is 821. The minimum absolute atomic E-state index is 0.697. The summed E-state index contributed by atoms with van der Waals surface area (Å²) in [5, 5.41) is 7.90. The van der Waals surface area contributed by atoms with Gasteiger partial charge in [-0.2, -0.15) is 0 Å². The zero-order chi connectivity index (χ0) is 17.5. The summed E-state index contributed by atoms with van der Waals surface area (Å²) in [6.45, 7) is 1.48. The largest absolute Gasteiger partial charge is 0.496 e. The van der Waals surface area contributed by atoms with Crippen LogP contribution in [0, 0.1) is 0 Å². The summed E-state index contributed by atoms with van der Waals surface area (Å²) in [5.41, 5.74) is 3.47. The second kappa shape index (κ2) is 8.24. The molecule has 0 radical (unpaired) electrons. The molecule has 0 aliphatic rings. The number of nitrogens with zero attached hydrogens (tertiary/aromatic N) is 1. The van der Waals surface area contributed by atoms with Crippen LogP contribution < -0.4 is 15.4 Å². The Morgan fingerprint density at radius 2 is 1.88 bits per heavy atom. The van der Waals surface area contributed by atoms with Crippen LogP contribution in [0.15, 0.2) is 59.6 Å². The van der Waals surface area contributed by atoms with Crippen LogP contribution in [0.1, 0.15) is 11.3 Å². The molecule has 0 spiro atoms. The standard InChI is InChI=1S/C20H24N4O/c1-21-20(22-12-11-15-7-4-6-10-19(15)25-2)23-14-17-13-16-8-3-5-9-18(16)24-17/h3-10,13,24H,11-12,14H2,1-2H3,(H2,21,22,23). The van der Waals surface area contributed by atoms with Crippen molar-refractivity contribution < 1.29 is 4.74 Å². The van der Waals surface area contributed by atoms with Gasteiger partial charge in [0.1, 0.15) is 5.75 Å². The van der Waals surface area contributed by atoms with E-state index in [9.17, 15) is 0 Å². The van der Waals surface area contributed by atoms with Gasteiger partial charge >= 0.3 is 0 Å². The monoisotopic (exact) mass is 336 g/mol. The van der Waals surface area contributed by atoms with Gasteiger partial charge in [-0.25, -0.2) is 0 Å². The Hall–Kier alpha value is -2.95. The van der Waals surface area contributed by atoms with Gasteiger partial charge < -0.3 is 20.4 Å². The number of H-pyrrole nitrogens is 1. The summed E-state index contributed by atoms with van der Waals surface area (Å²) >= 11 is 0. The van der Waals surface area contributed by atoms with E-state index >= 15 is 0 Å². The number of methoxy groups -OCH3 is 1. The van der Waals surface area contributed by atoms with Crippen molar-refractivity contribution in [3.63, 3.8) is 0 Å². The maximum atomic E-state index is 5.39. The van der Waals surface area contributed by atoms with E-state index in [2.05, 4.69) is 44.9 Å². The lowest BCUT2D eigenvalue weighted by atomic mass is 10.1. The fourth-order valence-electron chi connectivity index (χ4n) is 2.85. The molecule has 130 valence electrons. The first-order chi connectivity index (χ1) is 12.3. The van der Waals surface area contributed by atoms with Gasteiger partial charge in [-0.3, -0.25) is 4.99 Å². The van der Waals surface area contributed by atoms with Crippen molar-refractivity contribution in [3.05, 3.63) is 65.9 Å². The SMILES string of the molecule is CN=C(NCCc1ccccc1OC)NCc1cc2ccccc2[nH]1. The number of ether oxygens (including phenoxy) is 1. The molecule has 0 atom stereocenters. The van der Waals surface area contributed by atoms with Crippen molar-refractivity contribution in [2.75, 3.05) is 20.7 Å². The molecule has 0 unspecified atom stereocenters. The predicted octanol–water partition coefficient (Wildman–Crippen LogP) is 3.08. The molecule has 0 aliphatic heterocycles. The Balaban J connectivity index is 1.51. The molecule has 5 heteroatoms. The molecular weight excluding hydrogens is 312 g/mol. The molecule has 0 bridgehead atoms. The van der Waals surface area contributed by atoms with Crippen LogP contribution in [0.4, 0.5) is 0 Å². The van der Waals surface area contributed by atoms with E-state index in [1.807, 2.05) is 30.3 Å². The Kier molecular flexibility index (Phi) is 5.57. The minimum Gasteiger partial charge on any atom is -0.496 e. The first-order valence-corrected chi connectivity index (χ1v) is 8.43. The number of nitrogens with one attached hydrogen (secondary N) is 3. The predicted molar refractivity (Wildman–Crippen MR) is 103 cm³/mol. The van der Waals surface area contributed by atoms with Crippen molar-refractivity contribution in [1.29, 1.82) is 0 Å². The van der Waals surface area contributed by atoms with E-state index in [1.165, 1.54) is 10.9 Å². The van der Waals surface area contributed by atoms with Crippen molar-refractivity contribution in [2.45, 2.75) is 13.0 Å². The molecule has 2 aromatic carbocycles. The first kappa shape index (κ1) is 16.9. The molecule has 1 aromatic heterocycles. The fourth-order valence-corrected chi connectivity index (χ4v) is 2.85. The van der Waals surface area contributed by atoms with E-state index in [-0.39, 0.29) is 0 Å². The van der Waals surface area contributed by atoms with E-state index < -0.39 is 0 Å². The first-order valence-electron chi connectivity index (χ1n) is 8.43. The Morgan fingerprint density at radius 3 is 2.68 bits per heavy atom. The topological polar surface area (TPSA) is 61.4 Å². The van der Waals surface area contributed by atoms with E-state index in [0.29, 0.717) is 6.54 Å². The van der Waals surface area contributed by atoms with Crippen molar-refractivity contribution >= 4 is 16.9 Å². The van der Waals surface area contributed by atoms with Gasteiger partial charge in [0.05, 0.1) is 13.7 Å². The number of aromatic amines is 1. The summed E-state index contributed by atoms with van der Waals surface area (Å²) in [7, 11) is 3.48. The third-order valence-corrected chi connectivity index (χ3v) is 4.13. The summed E-state index contributed by atoms with van der Waals surface area (Å²) in [4.78, 5) is 7.69. The summed E-state index contributed by atoms with van der Waals surface area (Å²) in [6, 6.07) is 18.5. The molecular formula is C20H24N4O. The number of rotatable bonds is 6. The van der Waals surface area contributed by atoms with Crippen LogP contribution in [0.5, 0.6) is 5.75 Å².